The number of rotatable bonds is 7. The molecule has 0 aliphatic heterocycles. The Bertz CT molecular complexity index is 911. The van der Waals surface area contributed by atoms with Crippen molar-refractivity contribution in [2.24, 2.45) is 5.92 Å². The molecule has 2 N–H and O–H groups in total. The fourth-order valence-corrected chi connectivity index (χ4v) is 4.50. The van der Waals surface area contributed by atoms with E-state index in [0.717, 1.165) is 25.7 Å². The van der Waals surface area contributed by atoms with Gasteiger partial charge in [-0.25, -0.2) is 9.18 Å². The highest BCUT2D eigenvalue weighted by atomic mass is 32.2. The van der Waals surface area contributed by atoms with Gasteiger partial charge < -0.3 is 9.88 Å². The minimum atomic E-state index is -0.569. The number of imide groups is 1. The number of nitrogens with zero attached hydrogens (tertiary/aromatic N) is 3. The summed E-state index contributed by atoms with van der Waals surface area (Å²) in [5.41, 5.74) is 0.367. The molecule has 1 aromatic carbocycles. The van der Waals surface area contributed by atoms with Gasteiger partial charge in [0.15, 0.2) is 11.0 Å². The molecule has 2 aromatic rings. The smallest absolute Gasteiger partial charge is 0.321 e. The number of thioether (sulfide) groups is 1. The van der Waals surface area contributed by atoms with E-state index in [1.54, 1.807) is 25.1 Å². The van der Waals surface area contributed by atoms with E-state index in [2.05, 4.69) is 20.8 Å². The number of nitrogens with one attached hydrogen (secondary N) is 2. The lowest BCUT2D eigenvalue weighted by Gasteiger charge is -2.23. The maximum absolute atomic E-state index is 14.3. The van der Waals surface area contributed by atoms with E-state index < -0.39 is 17.2 Å². The molecule has 3 rings (SSSR count). The fraction of sp³-hybridized carbons (Fsp3) is 0.545. The third-order valence-electron chi connectivity index (χ3n) is 5.21. The molecule has 31 heavy (non-hydrogen) atoms. The standard InChI is InChI=1S/C22H30FN5O2S/c1-14(2)13-28-19(17-11-7-8-12-18(17)23)26-27-22(28)31-15(3)20(29)25-21(30)24-16-9-5-4-6-10-16/h7-8,11-12,14-16H,4-6,9-10,13H2,1-3H3,(H2,24,25,29,30)/t15-/m0/s1. The van der Waals surface area contributed by atoms with Crippen molar-refractivity contribution in [3.8, 4) is 11.4 Å². The van der Waals surface area contributed by atoms with Gasteiger partial charge in [-0.3, -0.25) is 10.1 Å². The summed E-state index contributed by atoms with van der Waals surface area (Å²) in [6.45, 7) is 6.39. The van der Waals surface area contributed by atoms with Crippen LogP contribution in [0.1, 0.15) is 52.9 Å². The van der Waals surface area contributed by atoms with Gasteiger partial charge in [-0.15, -0.1) is 10.2 Å². The lowest BCUT2D eigenvalue weighted by Crippen LogP contribution is -2.47. The maximum atomic E-state index is 14.3. The van der Waals surface area contributed by atoms with E-state index in [-0.39, 0.29) is 17.8 Å². The summed E-state index contributed by atoms with van der Waals surface area (Å²) < 4.78 is 16.2. The predicted octanol–water partition coefficient (Wildman–Crippen LogP) is 4.38. The summed E-state index contributed by atoms with van der Waals surface area (Å²) in [4.78, 5) is 24.7. The Kier molecular flexibility index (Phi) is 8.06. The number of hydrogen-bond donors (Lipinski definition) is 2. The van der Waals surface area contributed by atoms with E-state index in [1.807, 2.05) is 18.4 Å². The first kappa shape index (κ1) is 23.2. The van der Waals surface area contributed by atoms with Crippen LogP contribution in [0, 0.1) is 11.7 Å². The molecule has 1 atom stereocenters. The van der Waals surface area contributed by atoms with Crippen LogP contribution in [0.25, 0.3) is 11.4 Å². The van der Waals surface area contributed by atoms with Crippen molar-refractivity contribution in [2.75, 3.05) is 0 Å². The van der Waals surface area contributed by atoms with Gasteiger partial charge in [-0.05, 0) is 37.8 Å². The highest BCUT2D eigenvalue weighted by molar-refractivity contribution is 8.00. The molecule has 0 bridgehead atoms. The topological polar surface area (TPSA) is 88.9 Å². The van der Waals surface area contributed by atoms with Crippen LogP contribution in [0.4, 0.5) is 9.18 Å². The lowest BCUT2D eigenvalue weighted by atomic mass is 9.96. The van der Waals surface area contributed by atoms with Gasteiger partial charge in [-0.2, -0.15) is 0 Å². The minimum absolute atomic E-state index is 0.127. The number of aromatic nitrogens is 3. The molecular weight excluding hydrogens is 417 g/mol. The molecule has 1 aliphatic rings. The quantitative estimate of drug-likeness (QED) is 0.615. The van der Waals surface area contributed by atoms with Crippen LogP contribution in [-0.2, 0) is 11.3 Å². The molecule has 1 aromatic heterocycles. The summed E-state index contributed by atoms with van der Waals surface area (Å²) in [5.74, 6) is -0.0743. The average molecular weight is 448 g/mol. The van der Waals surface area contributed by atoms with Crippen molar-refractivity contribution in [3.05, 3.63) is 30.1 Å². The van der Waals surface area contributed by atoms with Crippen molar-refractivity contribution in [1.82, 2.24) is 25.4 Å². The summed E-state index contributed by atoms with van der Waals surface area (Å²) in [7, 11) is 0. The minimum Gasteiger partial charge on any atom is -0.335 e. The Balaban J connectivity index is 1.68. The number of benzene rings is 1. The van der Waals surface area contributed by atoms with Gasteiger partial charge in [0.2, 0.25) is 5.91 Å². The first-order chi connectivity index (χ1) is 14.8. The molecule has 0 saturated heterocycles. The number of hydrogen-bond acceptors (Lipinski definition) is 5. The van der Waals surface area contributed by atoms with Crippen LogP contribution in [0.15, 0.2) is 29.4 Å². The molecule has 1 aliphatic carbocycles. The van der Waals surface area contributed by atoms with E-state index in [9.17, 15) is 14.0 Å². The second-order valence-electron chi connectivity index (χ2n) is 8.35. The Morgan fingerprint density at radius 1 is 1.16 bits per heavy atom. The molecule has 1 saturated carbocycles. The maximum Gasteiger partial charge on any atom is 0.321 e. The summed E-state index contributed by atoms with van der Waals surface area (Å²) in [6, 6.07) is 6.10. The summed E-state index contributed by atoms with van der Waals surface area (Å²) in [6.07, 6.45) is 5.28. The van der Waals surface area contributed by atoms with Gasteiger partial charge in [0.05, 0.1) is 10.8 Å². The van der Waals surface area contributed by atoms with Crippen LogP contribution in [-0.4, -0.2) is 38.0 Å². The van der Waals surface area contributed by atoms with Crippen molar-refractivity contribution in [2.45, 2.75) is 75.9 Å². The molecule has 1 heterocycles. The van der Waals surface area contributed by atoms with Crippen molar-refractivity contribution in [3.63, 3.8) is 0 Å². The second kappa shape index (κ2) is 10.7. The van der Waals surface area contributed by atoms with E-state index >= 15 is 0 Å². The molecular formula is C22H30FN5O2S. The number of halogens is 1. The zero-order valence-electron chi connectivity index (χ0n) is 18.2. The number of carbonyl (C=O) groups excluding carboxylic acids is 2. The van der Waals surface area contributed by atoms with Crippen molar-refractivity contribution in [1.29, 1.82) is 0 Å². The largest absolute Gasteiger partial charge is 0.335 e. The summed E-state index contributed by atoms with van der Waals surface area (Å²) in [5, 5.41) is 13.7. The highest BCUT2D eigenvalue weighted by Crippen LogP contribution is 2.29. The molecule has 0 spiro atoms. The second-order valence-corrected chi connectivity index (χ2v) is 9.66. The number of amides is 3. The van der Waals surface area contributed by atoms with Gasteiger partial charge in [0.25, 0.3) is 0 Å². The molecule has 168 valence electrons. The highest BCUT2D eigenvalue weighted by Gasteiger charge is 2.24. The van der Waals surface area contributed by atoms with Gasteiger partial charge in [0, 0.05) is 12.6 Å². The SMILES string of the molecule is CC(C)Cn1c(S[C@@H](C)C(=O)NC(=O)NC2CCCCC2)nnc1-c1ccccc1F. The molecule has 7 nitrogen and oxygen atoms in total. The normalized spacial score (nSPS) is 15.6. The molecule has 9 heteroatoms. The van der Waals surface area contributed by atoms with Crippen LogP contribution in [0.2, 0.25) is 0 Å². The molecule has 0 unspecified atom stereocenters. The molecule has 3 amide bonds. The van der Waals surface area contributed by atoms with Crippen LogP contribution in [0.3, 0.4) is 0 Å². The zero-order chi connectivity index (χ0) is 22.4. The zero-order valence-corrected chi connectivity index (χ0v) is 19.0. The van der Waals surface area contributed by atoms with E-state index in [0.29, 0.717) is 23.1 Å². The Morgan fingerprint density at radius 2 is 1.87 bits per heavy atom. The van der Waals surface area contributed by atoms with Crippen LogP contribution in [0.5, 0.6) is 0 Å². The first-order valence-electron chi connectivity index (χ1n) is 10.8. The van der Waals surface area contributed by atoms with Crippen LogP contribution >= 0.6 is 11.8 Å². The van der Waals surface area contributed by atoms with Gasteiger partial charge >= 0.3 is 6.03 Å². The lowest BCUT2D eigenvalue weighted by molar-refractivity contribution is -0.119. The first-order valence-corrected chi connectivity index (χ1v) is 11.7. The average Bonchev–Trinajstić information content (AvgIpc) is 3.10. The van der Waals surface area contributed by atoms with Gasteiger partial charge in [0.1, 0.15) is 5.82 Å². The Morgan fingerprint density at radius 3 is 2.55 bits per heavy atom. The Labute approximate surface area is 186 Å². The number of carbonyl (C=O) groups is 2. The van der Waals surface area contributed by atoms with Gasteiger partial charge in [-0.1, -0.05) is 57.0 Å². The monoisotopic (exact) mass is 447 g/mol. The summed E-state index contributed by atoms with van der Waals surface area (Å²) >= 11 is 1.20. The third-order valence-corrected chi connectivity index (χ3v) is 6.29. The van der Waals surface area contributed by atoms with Crippen molar-refractivity contribution >= 4 is 23.7 Å². The van der Waals surface area contributed by atoms with E-state index in [1.165, 1.54) is 24.2 Å². The number of urea groups is 1. The third kappa shape index (κ3) is 6.29. The Hall–Kier alpha value is -2.42. The van der Waals surface area contributed by atoms with E-state index in [4.69, 9.17) is 0 Å². The molecule has 1 fully saturated rings. The van der Waals surface area contributed by atoms with Crippen molar-refractivity contribution < 1.29 is 14.0 Å². The van der Waals surface area contributed by atoms with Crippen LogP contribution < -0.4 is 10.6 Å². The predicted molar refractivity (Wildman–Crippen MR) is 119 cm³/mol. The molecule has 0 radical (unpaired) electrons. The fourth-order valence-electron chi connectivity index (χ4n) is 3.64.